The van der Waals surface area contributed by atoms with Crippen molar-refractivity contribution >= 4 is 17.4 Å². The van der Waals surface area contributed by atoms with Gasteiger partial charge >= 0.3 is 0 Å². The third-order valence-corrected chi connectivity index (χ3v) is 5.65. The van der Waals surface area contributed by atoms with Gasteiger partial charge in [0.05, 0.1) is 17.9 Å². The molecule has 0 aliphatic carbocycles. The highest BCUT2D eigenvalue weighted by Gasteiger charge is 2.29. The molecule has 0 bridgehead atoms. The van der Waals surface area contributed by atoms with E-state index in [9.17, 15) is 19.5 Å². The van der Waals surface area contributed by atoms with Crippen molar-refractivity contribution in [1.29, 1.82) is 0 Å². The van der Waals surface area contributed by atoms with E-state index < -0.39 is 0 Å². The lowest BCUT2D eigenvalue weighted by Crippen LogP contribution is -2.52. The molecule has 11 nitrogen and oxygen atoms in total. The Balaban J connectivity index is 0.00000199. The lowest BCUT2D eigenvalue weighted by Gasteiger charge is -2.37. The zero-order valence-electron chi connectivity index (χ0n) is 21.1. The molecule has 1 N–H and O–H groups in total. The molecule has 0 atom stereocenters. The summed E-state index contributed by atoms with van der Waals surface area (Å²) in [6.07, 6.45) is 1.80. The zero-order chi connectivity index (χ0) is 25.6. The number of aryl methyl sites for hydroxylation is 1. The maximum atomic E-state index is 13.2. The first-order valence-corrected chi connectivity index (χ1v) is 11.5. The topological polar surface area (TPSA) is 126 Å². The van der Waals surface area contributed by atoms with Crippen LogP contribution in [0.5, 0.6) is 5.75 Å². The van der Waals surface area contributed by atoms with Crippen molar-refractivity contribution in [2.75, 3.05) is 38.1 Å². The van der Waals surface area contributed by atoms with Crippen LogP contribution in [0.4, 0.5) is 5.69 Å². The average Bonchev–Trinajstić information content (AvgIpc) is 2.84. The molecule has 0 aromatic carbocycles. The molecule has 1 aliphatic rings. The average molecular weight is 474 g/mol. The molecular weight excluding hydrogens is 438 g/mol. The molecule has 0 radical (unpaired) electrons. The van der Waals surface area contributed by atoms with Crippen molar-refractivity contribution < 1.29 is 14.7 Å². The van der Waals surface area contributed by atoms with Crippen LogP contribution in [0.15, 0.2) is 16.1 Å². The molecule has 0 spiro atoms. The second-order valence-corrected chi connectivity index (χ2v) is 7.76. The van der Waals surface area contributed by atoms with Gasteiger partial charge in [0.15, 0.2) is 11.4 Å². The summed E-state index contributed by atoms with van der Waals surface area (Å²) in [5, 5.41) is 10.1. The Morgan fingerprint density at radius 2 is 1.76 bits per heavy atom. The van der Waals surface area contributed by atoms with Gasteiger partial charge in [0, 0.05) is 40.3 Å². The lowest BCUT2D eigenvalue weighted by atomic mass is 10.2. The summed E-state index contributed by atoms with van der Waals surface area (Å²) in [6.45, 7) is 10.8. The molecule has 34 heavy (non-hydrogen) atoms. The van der Waals surface area contributed by atoms with E-state index >= 15 is 0 Å². The van der Waals surface area contributed by atoms with Crippen LogP contribution in [0.3, 0.4) is 0 Å². The molecule has 1 amide bonds. The van der Waals surface area contributed by atoms with Crippen molar-refractivity contribution in [3.05, 3.63) is 39.4 Å². The molecule has 3 rings (SSSR count). The third kappa shape index (κ3) is 5.18. The molecule has 1 fully saturated rings. The molecule has 186 valence electrons. The van der Waals surface area contributed by atoms with Gasteiger partial charge in [-0.3, -0.25) is 23.9 Å². The number of carbonyl (C=O) groups is 2. The first-order valence-electron chi connectivity index (χ1n) is 11.5. The van der Waals surface area contributed by atoms with Crippen molar-refractivity contribution in [2.45, 2.75) is 47.6 Å². The van der Waals surface area contributed by atoms with Crippen molar-refractivity contribution in [3.8, 4) is 5.75 Å². The Labute approximate surface area is 199 Å². The summed E-state index contributed by atoms with van der Waals surface area (Å²) in [6, 6.07) is 0. The van der Waals surface area contributed by atoms with E-state index in [2.05, 4.69) is 15.0 Å². The van der Waals surface area contributed by atoms with E-state index in [0.29, 0.717) is 49.6 Å². The van der Waals surface area contributed by atoms with E-state index in [1.807, 2.05) is 25.7 Å². The zero-order valence-corrected chi connectivity index (χ0v) is 21.1. The number of hydrogen-bond acceptors (Lipinski definition) is 8. The number of rotatable bonds is 5. The van der Waals surface area contributed by atoms with Crippen LogP contribution in [0.1, 0.15) is 49.6 Å². The van der Waals surface area contributed by atoms with Crippen molar-refractivity contribution in [2.24, 2.45) is 12.0 Å². The van der Waals surface area contributed by atoms with Crippen LogP contribution in [-0.2, 0) is 24.8 Å². The monoisotopic (exact) mass is 473 g/mol. The summed E-state index contributed by atoms with van der Waals surface area (Å²) in [7, 11) is 3.24. The van der Waals surface area contributed by atoms with Crippen molar-refractivity contribution in [3.63, 3.8) is 0 Å². The maximum Gasteiger partial charge on any atom is 0.278 e. The second-order valence-electron chi connectivity index (χ2n) is 7.76. The SMILES string of the molecule is CC.CCc1c(N2CCN(C(=O)c3ncnc(C)c3O)CC2)c(=O)n(C)c(=NC)n1CC(C)=O. The van der Waals surface area contributed by atoms with Gasteiger partial charge in [-0.1, -0.05) is 20.8 Å². The number of Topliss-reactive ketones (excluding diaryl/α,β-unsaturated/α-hetero) is 1. The molecule has 2 aromatic heterocycles. The van der Waals surface area contributed by atoms with Gasteiger partial charge in [0.1, 0.15) is 17.8 Å². The number of anilines is 1. The van der Waals surface area contributed by atoms with E-state index in [1.165, 1.54) is 17.8 Å². The predicted molar refractivity (Wildman–Crippen MR) is 129 cm³/mol. The Hall–Kier alpha value is -3.50. The standard InChI is InChI=1S/C21H29N7O4.C2H6/c1-6-15-17(20(32)25(5)21(22-4)28(15)11-13(2)29)26-7-9-27(10-8-26)19(31)16-18(30)14(3)23-12-24-16;1-2/h12,30H,6-11H2,1-5H3;1-2H3. The van der Waals surface area contributed by atoms with Gasteiger partial charge in [-0.2, -0.15) is 0 Å². The number of hydrogen-bond donors (Lipinski definition) is 1. The van der Waals surface area contributed by atoms with Gasteiger partial charge in [0.25, 0.3) is 11.5 Å². The lowest BCUT2D eigenvalue weighted by molar-refractivity contribution is -0.117. The summed E-state index contributed by atoms with van der Waals surface area (Å²) in [4.78, 5) is 53.6. The molecular formula is C23H35N7O4. The number of carbonyl (C=O) groups excluding carboxylic acids is 2. The highest BCUT2D eigenvalue weighted by Crippen LogP contribution is 2.22. The molecule has 2 aromatic rings. The number of aromatic hydroxyl groups is 1. The van der Waals surface area contributed by atoms with Crippen LogP contribution in [0, 0.1) is 6.92 Å². The predicted octanol–water partition coefficient (Wildman–Crippen LogP) is 0.661. The minimum Gasteiger partial charge on any atom is -0.504 e. The second kappa shape index (κ2) is 11.6. The third-order valence-electron chi connectivity index (χ3n) is 5.65. The minimum atomic E-state index is -0.372. The van der Waals surface area contributed by atoms with Gasteiger partial charge in [-0.25, -0.2) is 9.97 Å². The number of aromatic nitrogens is 4. The fraction of sp³-hybridized carbons (Fsp3) is 0.565. The molecule has 0 saturated carbocycles. The van der Waals surface area contributed by atoms with Gasteiger partial charge in [0.2, 0.25) is 5.62 Å². The quantitative estimate of drug-likeness (QED) is 0.676. The Bertz CT molecular complexity index is 1180. The van der Waals surface area contributed by atoms with E-state index in [0.717, 1.165) is 5.69 Å². The minimum absolute atomic E-state index is 0.0238. The van der Waals surface area contributed by atoms with Crippen LogP contribution in [0.25, 0.3) is 0 Å². The summed E-state index contributed by atoms with van der Waals surface area (Å²) < 4.78 is 3.25. The Morgan fingerprint density at radius 3 is 2.29 bits per heavy atom. The van der Waals surface area contributed by atoms with Crippen LogP contribution in [-0.4, -0.2) is 74.0 Å². The molecule has 1 aliphatic heterocycles. The van der Waals surface area contributed by atoms with E-state index in [4.69, 9.17) is 0 Å². The maximum absolute atomic E-state index is 13.2. The molecule has 11 heteroatoms. The van der Waals surface area contributed by atoms with E-state index in [-0.39, 0.29) is 35.2 Å². The van der Waals surface area contributed by atoms with Gasteiger partial charge in [-0.15, -0.1) is 0 Å². The first-order chi connectivity index (χ1) is 16.2. The van der Waals surface area contributed by atoms with Gasteiger partial charge < -0.3 is 19.5 Å². The Morgan fingerprint density at radius 1 is 1.15 bits per heavy atom. The van der Waals surface area contributed by atoms with E-state index in [1.54, 1.807) is 30.5 Å². The largest absolute Gasteiger partial charge is 0.504 e. The number of nitrogens with zero attached hydrogens (tertiary/aromatic N) is 7. The van der Waals surface area contributed by atoms with Crippen LogP contribution in [0.2, 0.25) is 0 Å². The number of amides is 1. The highest BCUT2D eigenvalue weighted by atomic mass is 16.3. The summed E-state index contributed by atoms with van der Waals surface area (Å²) >= 11 is 0. The van der Waals surface area contributed by atoms with Crippen LogP contribution >= 0.6 is 0 Å². The highest BCUT2D eigenvalue weighted by molar-refractivity contribution is 5.95. The van der Waals surface area contributed by atoms with Crippen molar-refractivity contribution in [1.82, 2.24) is 24.0 Å². The summed E-state index contributed by atoms with van der Waals surface area (Å²) in [5.74, 6) is -0.621. The smallest absolute Gasteiger partial charge is 0.278 e. The van der Waals surface area contributed by atoms with Crippen LogP contribution < -0.4 is 16.1 Å². The molecule has 0 unspecified atom stereocenters. The van der Waals surface area contributed by atoms with Gasteiger partial charge in [-0.05, 0) is 20.3 Å². The first kappa shape index (κ1) is 26.7. The number of piperazine rings is 1. The molecule has 3 heterocycles. The number of ketones is 1. The Kier molecular flexibility index (Phi) is 9.11. The summed E-state index contributed by atoms with van der Waals surface area (Å²) in [5.41, 5.74) is 1.84. The normalized spacial score (nSPS) is 14.0. The fourth-order valence-corrected chi connectivity index (χ4v) is 4.04. The fourth-order valence-electron chi connectivity index (χ4n) is 4.04. The molecule has 1 saturated heterocycles.